The molecule has 2 aromatic heterocycles. The monoisotopic (exact) mass is 1210 g/mol. The predicted molar refractivity (Wildman–Crippen MR) is 274 cm³/mol. The summed E-state index contributed by atoms with van der Waals surface area (Å²) in [6.45, 7) is 16.4. The third-order valence-corrected chi connectivity index (χ3v) is 16.4. The molecule has 4 rings (SSSR count). The lowest BCUT2D eigenvalue weighted by Gasteiger charge is -2.40. The first-order chi connectivity index (χ1) is 35.6. The molecular formula is C46H71IN6O22Si. The second-order valence-electron chi connectivity index (χ2n) is 18.3. The summed E-state index contributed by atoms with van der Waals surface area (Å²) in [6.07, 6.45) is -4.36. The number of aliphatic hydroxyl groups excluding tert-OH is 1. The highest BCUT2D eigenvalue weighted by atomic mass is 127. The first kappa shape index (κ1) is 65.4. The molecule has 30 heteroatoms. The first-order valence-corrected chi connectivity index (χ1v) is 28.3. The molecule has 0 spiro atoms. The summed E-state index contributed by atoms with van der Waals surface area (Å²) in [5.74, 6) is -2.56. The molecule has 0 aliphatic carbocycles. The summed E-state index contributed by atoms with van der Waals surface area (Å²) in [5, 5.41) is 15.3. The van der Waals surface area contributed by atoms with Gasteiger partial charge in [0.15, 0.2) is 20.8 Å². The molecule has 2 amide bonds. The summed E-state index contributed by atoms with van der Waals surface area (Å²) in [7, 11) is -2.39. The minimum atomic E-state index is -2.39. The molecule has 0 radical (unpaired) electrons. The lowest BCUT2D eigenvalue weighted by molar-refractivity contribution is -0.321. The van der Waals surface area contributed by atoms with Gasteiger partial charge in [0.2, 0.25) is 11.8 Å². The number of hydrogen-bond donors (Lipinski definition) is 3. The van der Waals surface area contributed by atoms with E-state index in [4.69, 9.17) is 61.3 Å². The number of nitrogens with zero attached hydrogens (tertiary/aromatic N) is 4. The minimum absolute atomic E-state index is 0.0540. The molecule has 3 N–H and O–H groups in total. The quantitative estimate of drug-likeness (QED) is 0.0219. The first-order valence-electron chi connectivity index (χ1n) is 23.9. The van der Waals surface area contributed by atoms with Crippen LogP contribution in [0.1, 0.15) is 81.7 Å². The molecular weight excluding hydrogens is 1140 g/mol. The second kappa shape index (κ2) is 31.5. The molecule has 2 fully saturated rings. The lowest BCUT2D eigenvalue weighted by atomic mass is 10.1. The Morgan fingerprint density at radius 2 is 1.01 bits per heavy atom. The highest BCUT2D eigenvalue weighted by Crippen LogP contribution is 2.43. The van der Waals surface area contributed by atoms with Crippen LogP contribution in [-0.2, 0) is 90.0 Å². The minimum Gasteiger partial charge on any atom is -0.463 e. The normalized spacial score (nSPS) is 21.4. The van der Waals surface area contributed by atoms with Crippen LogP contribution in [-0.4, -0.2) is 175 Å². The number of aliphatic hydroxyl groups is 1. The average molecular weight is 1220 g/mol. The zero-order chi connectivity index (χ0) is 56.9. The van der Waals surface area contributed by atoms with Crippen molar-refractivity contribution in [1.29, 1.82) is 0 Å². The number of esters is 4. The molecule has 2 aliphatic heterocycles. The maximum absolute atomic E-state index is 13.1. The van der Waals surface area contributed by atoms with Crippen molar-refractivity contribution in [3.8, 4) is 0 Å². The average Bonchev–Trinajstić information content (AvgIpc) is 3.78. The van der Waals surface area contributed by atoms with E-state index < -0.39 is 112 Å². The van der Waals surface area contributed by atoms with Crippen molar-refractivity contribution in [2.24, 2.45) is 0 Å². The Morgan fingerprint density at radius 1 is 0.645 bits per heavy atom. The number of halogens is 1. The topological polar surface area (TPSA) is 336 Å². The number of aromatic nitrogens is 4. The molecule has 2 unspecified atom stereocenters. The van der Waals surface area contributed by atoms with E-state index in [-0.39, 0.29) is 75.4 Å². The van der Waals surface area contributed by atoms with Crippen molar-refractivity contribution in [3.05, 3.63) is 45.5 Å². The Kier molecular flexibility index (Phi) is 27.1. The largest absolute Gasteiger partial charge is 0.463 e. The molecule has 0 saturated carbocycles. The van der Waals surface area contributed by atoms with Crippen molar-refractivity contribution in [2.45, 2.75) is 149 Å². The molecule has 2 aromatic rings. The van der Waals surface area contributed by atoms with Gasteiger partial charge in [-0.05, 0) is 37.2 Å². The van der Waals surface area contributed by atoms with Gasteiger partial charge < -0.3 is 77.0 Å². The van der Waals surface area contributed by atoms with Gasteiger partial charge in [0, 0.05) is 58.4 Å². The van der Waals surface area contributed by atoms with E-state index in [1.807, 2.05) is 0 Å². The fraction of sp³-hybridized carbons (Fsp3) is 0.696. The number of rotatable bonds is 27. The number of hydrogen-bond acceptors (Lipinski definition) is 24. The Hall–Kier alpha value is -4.87. The number of nitrogens with one attached hydrogen (secondary N) is 2. The van der Waals surface area contributed by atoms with Crippen LogP contribution in [0.2, 0.25) is 18.1 Å². The number of ether oxygens (including phenoxy) is 12. The zero-order valence-electron chi connectivity index (χ0n) is 44.6. The summed E-state index contributed by atoms with van der Waals surface area (Å²) < 4.78 is 75.7. The lowest BCUT2D eigenvalue weighted by Crippen LogP contribution is -2.51. The zero-order valence-corrected chi connectivity index (χ0v) is 47.8. The summed E-state index contributed by atoms with van der Waals surface area (Å²) in [4.78, 5) is 100. The van der Waals surface area contributed by atoms with Crippen LogP contribution < -0.4 is 22.0 Å². The van der Waals surface area contributed by atoms with Gasteiger partial charge in [-0.2, -0.15) is 9.97 Å². The molecule has 76 heavy (non-hydrogen) atoms. The van der Waals surface area contributed by atoms with Crippen molar-refractivity contribution in [2.75, 3.05) is 67.9 Å². The molecule has 4 heterocycles. The highest BCUT2D eigenvalue weighted by Gasteiger charge is 2.52. The number of carbonyl (C=O) groups excluding carboxylic acids is 6. The van der Waals surface area contributed by atoms with Crippen LogP contribution in [0.3, 0.4) is 0 Å². The van der Waals surface area contributed by atoms with E-state index >= 15 is 0 Å². The molecule has 2 aliphatic rings. The molecule has 8 atom stereocenters. The predicted octanol–water partition coefficient (Wildman–Crippen LogP) is 2.06. The van der Waals surface area contributed by atoms with Gasteiger partial charge in [-0.1, -0.05) is 43.4 Å². The Morgan fingerprint density at radius 3 is 1.34 bits per heavy atom. The van der Waals surface area contributed by atoms with Crippen molar-refractivity contribution < 1.29 is 95.1 Å². The third kappa shape index (κ3) is 21.9. The van der Waals surface area contributed by atoms with Crippen LogP contribution in [0.15, 0.2) is 34.1 Å². The SMILES string of the molecule is CC(=O)Nc1ccn([C@@H]2O[C@H](C)[C@H](O)C2OC(OCCOC(C)=O)OCCOC(C)=O)c(=O)n1.CC(=O)Nc1ccn([C@@H]2O[C@H](CI)[C@H](O[Si](C)(C)C(C)(C)C)C2OC(OCCOC(C)=O)OCCOC(C)=O)c(=O)n1. The Labute approximate surface area is 453 Å². The summed E-state index contributed by atoms with van der Waals surface area (Å²) >= 11 is 2.19. The van der Waals surface area contributed by atoms with Crippen LogP contribution >= 0.6 is 22.6 Å². The van der Waals surface area contributed by atoms with Gasteiger partial charge in [0.1, 0.15) is 62.5 Å². The Bertz CT molecular complexity index is 2310. The fourth-order valence-electron chi connectivity index (χ4n) is 6.59. The van der Waals surface area contributed by atoms with Gasteiger partial charge in [-0.25, -0.2) is 9.59 Å². The van der Waals surface area contributed by atoms with E-state index in [1.165, 1.54) is 70.6 Å². The van der Waals surface area contributed by atoms with Crippen LogP contribution in [0.25, 0.3) is 0 Å². The number of anilines is 2. The standard InChI is InChI=1S/C26H42IN3O11Si.C20H29N3O11/c1-16(31)28-20-9-10-30(24(34)29-20)23-22(21(19(15-27)39-23)41-42(7,8)26(4,5)6)40-25(37-13-11-35-17(2)32)38-14-12-36-18(3)33;1-11-16(27)17(18(33-11)23-6-5-15(21-12(2)24)22-19(23)28)34-20(31-9-7-29-13(3)25)32-10-8-30-14(4)26/h9-10,19,21-23,25H,11-15H2,1-8H3,(H,28,29,31,34);5-6,11,16-18,20,27H,7-10H2,1-4H3,(H,21,22,24,28)/t19-,21+,22?,23-;11-,16+,17?,18-/m11/s1. The van der Waals surface area contributed by atoms with E-state index in [2.05, 4.69) is 77.1 Å². The molecule has 428 valence electrons. The molecule has 2 saturated heterocycles. The van der Waals surface area contributed by atoms with Gasteiger partial charge >= 0.3 is 35.3 Å². The summed E-state index contributed by atoms with van der Waals surface area (Å²) in [6, 6.07) is 2.87. The maximum atomic E-state index is 13.1. The van der Waals surface area contributed by atoms with Gasteiger partial charge in [-0.3, -0.25) is 37.9 Å². The van der Waals surface area contributed by atoms with Gasteiger partial charge in [0.25, 0.3) is 13.0 Å². The summed E-state index contributed by atoms with van der Waals surface area (Å²) in [5.41, 5.74) is -1.43. The van der Waals surface area contributed by atoms with E-state index in [0.717, 1.165) is 4.57 Å². The van der Waals surface area contributed by atoms with Crippen molar-refractivity contribution in [3.63, 3.8) is 0 Å². The van der Waals surface area contributed by atoms with Crippen LogP contribution in [0, 0.1) is 0 Å². The van der Waals surface area contributed by atoms with E-state index in [9.17, 15) is 43.5 Å². The van der Waals surface area contributed by atoms with E-state index in [1.54, 1.807) is 6.92 Å². The van der Waals surface area contributed by atoms with Gasteiger partial charge in [-0.15, -0.1) is 0 Å². The second-order valence-corrected chi connectivity index (χ2v) is 23.9. The molecule has 28 nitrogen and oxygen atoms in total. The number of alkyl halides is 1. The fourth-order valence-corrected chi connectivity index (χ4v) is 8.62. The number of carbonyl (C=O) groups is 6. The van der Waals surface area contributed by atoms with Crippen LogP contribution in [0.5, 0.6) is 0 Å². The molecule has 0 aromatic carbocycles. The van der Waals surface area contributed by atoms with Crippen molar-refractivity contribution in [1.82, 2.24) is 19.1 Å². The highest BCUT2D eigenvalue weighted by molar-refractivity contribution is 14.1. The maximum Gasteiger partial charge on any atom is 0.351 e. The Balaban J connectivity index is 0.000000409. The van der Waals surface area contributed by atoms with E-state index in [0.29, 0.717) is 4.43 Å². The van der Waals surface area contributed by atoms with Crippen LogP contribution in [0.4, 0.5) is 11.6 Å². The third-order valence-electron chi connectivity index (χ3n) is 11.1. The number of amides is 2. The van der Waals surface area contributed by atoms with Crippen molar-refractivity contribution >= 4 is 78.2 Å². The smallest absolute Gasteiger partial charge is 0.351 e. The molecule has 0 bridgehead atoms. The van der Waals surface area contributed by atoms with Gasteiger partial charge in [0.05, 0.1) is 38.6 Å².